The van der Waals surface area contributed by atoms with Crippen LogP contribution in [0, 0.1) is 17.1 Å². The molecule has 1 atom stereocenters. The van der Waals surface area contributed by atoms with Gasteiger partial charge in [0.25, 0.3) is 11.6 Å². The van der Waals surface area contributed by atoms with Crippen molar-refractivity contribution < 1.29 is 18.6 Å². The third-order valence-corrected chi connectivity index (χ3v) is 8.16. The molecule has 4 aromatic rings. The van der Waals surface area contributed by atoms with Crippen molar-refractivity contribution in [3.8, 4) is 29.0 Å². The van der Waals surface area contributed by atoms with Gasteiger partial charge in [-0.15, -0.1) is 5.10 Å². The van der Waals surface area contributed by atoms with Gasteiger partial charge in [0.1, 0.15) is 11.9 Å². The Morgan fingerprint density at radius 2 is 2.05 bits per heavy atom. The van der Waals surface area contributed by atoms with E-state index >= 15 is 0 Å². The van der Waals surface area contributed by atoms with Crippen LogP contribution < -0.4 is 9.47 Å². The summed E-state index contributed by atoms with van der Waals surface area (Å²) in [6, 6.07) is 14.4. The molecule has 6 rings (SSSR count). The molecule has 216 valence electrons. The van der Waals surface area contributed by atoms with Gasteiger partial charge in [-0.2, -0.15) is 10.2 Å². The van der Waals surface area contributed by atoms with E-state index in [-0.39, 0.29) is 11.7 Å². The highest BCUT2D eigenvalue weighted by molar-refractivity contribution is 6.30. The van der Waals surface area contributed by atoms with E-state index in [1.165, 1.54) is 6.07 Å². The van der Waals surface area contributed by atoms with E-state index in [9.17, 15) is 4.39 Å². The van der Waals surface area contributed by atoms with Crippen molar-refractivity contribution >= 4 is 11.6 Å². The van der Waals surface area contributed by atoms with Gasteiger partial charge in [0.15, 0.2) is 17.3 Å². The molecule has 0 bridgehead atoms. The lowest BCUT2D eigenvalue weighted by Crippen LogP contribution is -2.34. The number of piperidine rings is 1. The van der Waals surface area contributed by atoms with Gasteiger partial charge in [-0.05, 0) is 74.2 Å². The highest BCUT2D eigenvalue weighted by Crippen LogP contribution is 2.49. The van der Waals surface area contributed by atoms with Crippen LogP contribution in [-0.4, -0.2) is 51.9 Å². The Labute approximate surface area is 248 Å². The summed E-state index contributed by atoms with van der Waals surface area (Å²) in [6.07, 6.45) is 4.35. The predicted molar refractivity (Wildman–Crippen MR) is 154 cm³/mol. The molecule has 1 fully saturated rings. The van der Waals surface area contributed by atoms with Crippen LogP contribution >= 0.6 is 11.6 Å². The number of halogens is 2. The zero-order chi connectivity index (χ0) is 29.3. The molecule has 2 aromatic heterocycles. The summed E-state index contributed by atoms with van der Waals surface area (Å²) >= 11 is 5.97. The number of aromatic nitrogens is 4. The molecular weight excluding hydrogens is 559 g/mol. The van der Waals surface area contributed by atoms with Crippen molar-refractivity contribution in [1.82, 2.24) is 25.1 Å². The van der Waals surface area contributed by atoms with Crippen LogP contribution in [0.1, 0.15) is 53.9 Å². The number of likely N-dealkylation sites (tertiary alicyclic amines) is 1. The Morgan fingerprint density at radius 1 is 1.21 bits per heavy atom. The second kappa shape index (κ2) is 11.7. The van der Waals surface area contributed by atoms with Crippen LogP contribution in [0.25, 0.3) is 11.4 Å². The minimum Gasteiger partial charge on any atom is -0.444 e. The lowest BCUT2D eigenvalue weighted by molar-refractivity contribution is -0.0712. The molecule has 9 nitrogen and oxygen atoms in total. The number of hydrogen-bond acceptors (Lipinski definition) is 8. The Kier molecular flexibility index (Phi) is 7.82. The molecule has 0 unspecified atom stereocenters. The third-order valence-electron chi connectivity index (χ3n) is 7.93. The van der Waals surface area contributed by atoms with Gasteiger partial charge in [-0.25, -0.2) is 4.39 Å². The molecule has 2 aromatic carbocycles. The molecule has 2 aliphatic heterocycles. The summed E-state index contributed by atoms with van der Waals surface area (Å²) in [6.45, 7) is 4.79. The van der Waals surface area contributed by atoms with Gasteiger partial charge in [-0.1, -0.05) is 23.7 Å². The number of aromatic amines is 1. The summed E-state index contributed by atoms with van der Waals surface area (Å²) in [4.78, 5) is 11.4. The van der Waals surface area contributed by atoms with E-state index in [4.69, 9.17) is 36.1 Å². The van der Waals surface area contributed by atoms with Crippen LogP contribution in [0.4, 0.5) is 4.39 Å². The normalized spacial score (nSPS) is 18.7. The first-order valence-corrected chi connectivity index (χ1v) is 14.2. The van der Waals surface area contributed by atoms with Gasteiger partial charge in [0, 0.05) is 42.9 Å². The second-order valence-corrected chi connectivity index (χ2v) is 11.1. The fourth-order valence-electron chi connectivity index (χ4n) is 5.73. The number of fused-ring (bicyclic) bond motifs is 1. The van der Waals surface area contributed by atoms with E-state index in [0.29, 0.717) is 47.5 Å². The molecule has 0 radical (unpaired) electrons. The number of H-pyrrole nitrogens is 1. The summed E-state index contributed by atoms with van der Waals surface area (Å²) < 4.78 is 32.6. The maximum atomic E-state index is 14.8. The molecule has 11 heteroatoms. The fraction of sp³-hybridized carbons (Fsp3) is 0.355. The Hall–Kier alpha value is -4.04. The molecule has 1 N–H and O–H groups in total. The zero-order valence-electron chi connectivity index (χ0n) is 23.4. The van der Waals surface area contributed by atoms with Gasteiger partial charge >= 0.3 is 0 Å². The molecule has 42 heavy (non-hydrogen) atoms. The maximum Gasteiger partial charge on any atom is 0.278 e. The molecule has 0 saturated carbocycles. The summed E-state index contributed by atoms with van der Waals surface area (Å²) in [5.41, 5.74) is 4.24. The second-order valence-electron chi connectivity index (χ2n) is 10.7. The number of hydrogen-bond donors (Lipinski definition) is 1. The molecule has 0 amide bonds. The van der Waals surface area contributed by atoms with Crippen LogP contribution in [0.15, 0.2) is 48.7 Å². The number of ether oxygens (including phenoxy) is 3. The number of nitriles is 1. The SMILES string of the molecule is COCCc1cc(-c2nc(C#N)n[nH]2)cnc1CN1CCC(c2cccc3c2O[C@@](C)(c2ccc(Cl)cc2F)O3)CC1. The van der Waals surface area contributed by atoms with E-state index in [1.54, 1.807) is 32.4 Å². The van der Waals surface area contributed by atoms with E-state index in [1.807, 2.05) is 24.3 Å². The minimum atomic E-state index is -1.27. The molecule has 0 aliphatic carbocycles. The molecule has 4 heterocycles. The third kappa shape index (κ3) is 5.55. The molecule has 2 aliphatic rings. The van der Waals surface area contributed by atoms with E-state index in [2.05, 4.69) is 26.1 Å². The largest absolute Gasteiger partial charge is 0.444 e. The molecule has 0 spiro atoms. The lowest BCUT2D eigenvalue weighted by atomic mass is 9.88. The monoisotopic (exact) mass is 588 g/mol. The van der Waals surface area contributed by atoms with Crippen molar-refractivity contribution in [3.63, 3.8) is 0 Å². The van der Waals surface area contributed by atoms with Gasteiger partial charge in [0.2, 0.25) is 0 Å². The lowest BCUT2D eigenvalue weighted by Gasteiger charge is -2.33. The Morgan fingerprint density at radius 3 is 2.79 bits per heavy atom. The first kappa shape index (κ1) is 28.1. The zero-order valence-corrected chi connectivity index (χ0v) is 24.1. The van der Waals surface area contributed by atoms with E-state index in [0.717, 1.165) is 48.3 Å². The smallest absolute Gasteiger partial charge is 0.278 e. The number of nitrogens with zero attached hydrogens (tertiary/aromatic N) is 5. The van der Waals surface area contributed by atoms with Crippen molar-refractivity contribution in [2.45, 2.75) is 44.4 Å². The van der Waals surface area contributed by atoms with E-state index < -0.39 is 11.6 Å². The number of benzene rings is 2. The minimum absolute atomic E-state index is 0.0955. The summed E-state index contributed by atoms with van der Waals surface area (Å²) in [5, 5.41) is 16.1. The summed E-state index contributed by atoms with van der Waals surface area (Å²) in [5.74, 6) is 0.450. The predicted octanol–water partition coefficient (Wildman–Crippen LogP) is 5.74. The first-order chi connectivity index (χ1) is 20.4. The maximum absolute atomic E-state index is 14.8. The Balaban J connectivity index is 1.15. The van der Waals surface area contributed by atoms with Crippen molar-refractivity contribution in [3.05, 3.63) is 87.7 Å². The quantitative estimate of drug-likeness (QED) is 0.277. The highest BCUT2D eigenvalue weighted by Gasteiger charge is 2.43. The first-order valence-electron chi connectivity index (χ1n) is 13.9. The highest BCUT2D eigenvalue weighted by atomic mass is 35.5. The topological polar surface area (TPSA) is 109 Å². The van der Waals surface area contributed by atoms with Crippen molar-refractivity contribution in [1.29, 1.82) is 5.26 Å². The van der Waals surface area contributed by atoms with Crippen molar-refractivity contribution in [2.24, 2.45) is 0 Å². The van der Waals surface area contributed by atoms with Gasteiger partial charge in [-0.3, -0.25) is 15.0 Å². The molecular formula is C31H30ClFN6O3. The van der Waals surface area contributed by atoms with Gasteiger partial charge in [0.05, 0.1) is 17.9 Å². The number of para-hydroxylation sites is 1. The fourth-order valence-corrected chi connectivity index (χ4v) is 5.89. The average Bonchev–Trinajstić information content (AvgIpc) is 3.61. The number of pyridine rings is 1. The van der Waals surface area contributed by atoms with Crippen molar-refractivity contribution in [2.75, 3.05) is 26.8 Å². The number of methoxy groups -OCH3 is 1. The molecule has 1 saturated heterocycles. The summed E-state index contributed by atoms with van der Waals surface area (Å²) in [7, 11) is 1.68. The van der Waals surface area contributed by atoms with Crippen LogP contribution in [0.2, 0.25) is 5.02 Å². The van der Waals surface area contributed by atoms with Crippen LogP contribution in [0.3, 0.4) is 0 Å². The standard InChI is InChI=1S/C31H30ClFN6O3/c1-31(24-7-6-22(32)15-25(24)33)41-27-5-3-4-23(29(27)42-31)19-8-11-39(12-9-19)18-26-20(10-13-40-2)14-21(17-35-26)30-36-28(16-34)37-38-30/h3-7,14-15,17,19H,8-13,18H2,1-2H3,(H,36,37,38)/t31-/m0/s1. The van der Waals surface area contributed by atoms with Crippen LogP contribution in [-0.2, 0) is 23.5 Å². The van der Waals surface area contributed by atoms with Gasteiger partial charge < -0.3 is 14.2 Å². The van der Waals surface area contributed by atoms with Crippen LogP contribution in [0.5, 0.6) is 11.5 Å². The Bertz CT molecular complexity index is 1650. The number of rotatable bonds is 8. The number of nitrogens with one attached hydrogen (secondary N) is 1. The average molecular weight is 589 g/mol.